The van der Waals surface area contributed by atoms with Crippen LogP contribution in [0.5, 0.6) is 0 Å². The molecule has 0 bridgehead atoms. The van der Waals surface area contributed by atoms with Crippen LogP contribution in [0.25, 0.3) is 0 Å². The topological polar surface area (TPSA) is 15.3 Å². The lowest BCUT2D eigenvalue weighted by atomic mass is 10.0. The molecule has 21 heavy (non-hydrogen) atoms. The molecule has 1 aliphatic rings. The molecule has 0 saturated carbocycles. The van der Waals surface area contributed by atoms with E-state index in [1.54, 1.807) is 0 Å². The average molecular weight is 353 g/mol. The average Bonchev–Trinajstić information content (AvgIpc) is 2.69. The zero-order valence-corrected chi connectivity index (χ0v) is 15.0. The van der Waals surface area contributed by atoms with E-state index in [1.807, 2.05) is 0 Å². The van der Waals surface area contributed by atoms with Gasteiger partial charge in [0.25, 0.3) is 0 Å². The van der Waals surface area contributed by atoms with Crippen molar-refractivity contribution in [1.29, 1.82) is 0 Å². The third kappa shape index (κ3) is 5.39. The molecule has 0 radical (unpaired) electrons. The van der Waals surface area contributed by atoms with Crippen molar-refractivity contribution in [2.75, 3.05) is 19.6 Å². The van der Waals surface area contributed by atoms with Crippen molar-refractivity contribution >= 4 is 15.9 Å². The van der Waals surface area contributed by atoms with Crippen LogP contribution in [0.3, 0.4) is 0 Å². The molecular formula is C18H29BrN2. The second-order valence-electron chi connectivity index (χ2n) is 6.18. The van der Waals surface area contributed by atoms with Crippen LogP contribution in [0.1, 0.15) is 57.6 Å². The van der Waals surface area contributed by atoms with E-state index in [0.717, 1.165) is 17.1 Å². The molecule has 3 heteroatoms. The number of hydrogen-bond donors (Lipinski definition) is 1. The van der Waals surface area contributed by atoms with Crippen molar-refractivity contribution in [3.63, 3.8) is 0 Å². The Balaban J connectivity index is 1.94. The number of halogens is 1. The Morgan fingerprint density at radius 1 is 1.24 bits per heavy atom. The van der Waals surface area contributed by atoms with E-state index in [0.29, 0.717) is 6.04 Å². The molecule has 1 aromatic carbocycles. The van der Waals surface area contributed by atoms with Gasteiger partial charge in [-0.05, 0) is 57.0 Å². The van der Waals surface area contributed by atoms with E-state index >= 15 is 0 Å². The van der Waals surface area contributed by atoms with Gasteiger partial charge in [0.1, 0.15) is 0 Å². The minimum Gasteiger partial charge on any atom is -0.310 e. The summed E-state index contributed by atoms with van der Waals surface area (Å²) in [4.78, 5) is 2.69. The van der Waals surface area contributed by atoms with Gasteiger partial charge >= 0.3 is 0 Å². The van der Waals surface area contributed by atoms with E-state index in [2.05, 4.69) is 64.3 Å². The Labute approximate surface area is 138 Å². The Morgan fingerprint density at radius 2 is 2.00 bits per heavy atom. The molecule has 1 aliphatic heterocycles. The fourth-order valence-electron chi connectivity index (χ4n) is 3.29. The van der Waals surface area contributed by atoms with Gasteiger partial charge in [0.15, 0.2) is 0 Å². The molecule has 2 atom stereocenters. The Morgan fingerprint density at radius 3 is 2.71 bits per heavy atom. The number of likely N-dealkylation sites (tertiary alicyclic amines) is 1. The SMILES string of the molecule is CCNC(CCN1CCCCCC1C)c1ccc(Br)cc1. The van der Waals surface area contributed by atoms with Crippen molar-refractivity contribution in [3.05, 3.63) is 34.3 Å². The lowest BCUT2D eigenvalue weighted by Crippen LogP contribution is -2.35. The van der Waals surface area contributed by atoms with Crippen LogP contribution in [-0.2, 0) is 0 Å². The summed E-state index contributed by atoms with van der Waals surface area (Å²) in [6.45, 7) is 8.10. The quantitative estimate of drug-likeness (QED) is 0.794. The first-order valence-corrected chi connectivity index (χ1v) is 9.23. The van der Waals surface area contributed by atoms with Gasteiger partial charge in [0.05, 0.1) is 0 Å². The molecular weight excluding hydrogens is 324 g/mol. The Kier molecular flexibility index (Phi) is 7.21. The number of nitrogens with one attached hydrogen (secondary N) is 1. The maximum Gasteiger partial charge on any atom is 0.0332 e. The molecule has 0 aromatic heterocycles. The van der Waals surface area contributed by atoms with Gasteiger partial charge in [0, 0.05) is 23.1 Å². The van der Waals surface area contributed by atoms with Gasteiger partial charge < -0.3 is 10.2 Å². The van der Waals surface area contributed by atoms with Crippen molar-refractivity contribution in [2.45, 2.75) is 58.0 Å². The van der Waals surface area contributed by atoms with Crippen LogP contribution >= 0.6 is 15.9 Å². The summed E-state index contributed by atoms with van der Waals surface area (Å²) in [5.41, 5.74) is 1.41. The fraction of sp³-hybridized carbons (Fsp3) is 0.667. The summed E-state index contributed by atoms with van der Waals surface area (Å²) < 4.78 is 1.16. The smallest absolute Gasteiger partial charge is 0.0332 e. The summed E-state index contributed by atoms with van der Waals surface area (Å²) in [7, 11) is 0. The summed E-state index contributed by atoms with van der Waals surface area (Å²) in [5, 5.41) is 3.65. The minimum atomic E-state index is 0.471. The number of benzene rings is 1. The predicted molar refractivity (Wildman–Crippen MR) is 94.7 cm³/mol. The number of rotatable bonds is 6. The Hall–Kier alpha value is -0.380. The second-order valence-corrected chi connectivity index (χ2v) is 7.10. The van der Waals surface area contributed by atoms with E-state index < -0.39 is 0 Å². The largest absolute Gasteiger partial charge is 0.310 e. The van der Waals surface area contributed by atoms with Crippen LogP contribution in [0.4, 0.5) is 0 Å². The van der Waals surface area contributed by atoms with Gasteiger partial charge in [-0.25, -0.2) is 0 Å². The number of nitrogens with zero attached hydrogens (tertiary/aromatic N) is 1. The third-order valence-electron chi connectivity index (χ3n) is 4.62. The monoisotopic (exact) mass is 352 g/mol. The zero-order chi connectivity index (χ0) is 15.1. The summed E-state index contributed by atoms with van der Waals surface area (Å²) >= 11 is 3.52. The third-order valence-corrected chi connectivity index (χ3v) is 5.15. The normalized spacial score (nSPS) is 22.0. The standard InChI is InChI=1S/C18H29BrN2/c1-3-20-18(16-8-10-17(19)11-9-16)12-14-21-13-6-4-5-7-15(21)2/h8-11,15,18,20H,3-7,12-14H2,1-2H3. The highest BCUT2D eigenvalue weighted by molar-refractivity contribution is 9.10. The van der Waals surface area contributed by atoms with E-state index in [4.69, 9.17) is 0 Å². The van der Waals surface area contributed by atoms with Gasteiger partial charge in [-0.15, -0.1) is 0 Å². The van der Waals surface area contributed by atoms with Crippen LogP contribution < -0.4 is 5.32 Å². The molecule has 1 heterocycles. The number of hydrogen-bond acceptors (Lipinski definition) is 2. The molecule has 0 amide bonds. The molecule has 0 spiro atoms. The van der Waals surface area contributed by atoms with Crippen LogP contribution in [0.2, 0.25) is 0 Å². The highest BCUT2D eigenvalue weighted by atomic mass is 79.9. The van der Waals surface area contributed by atoms with Crippen LogP contribution in [0, 0.1) is 0 Å². The fourth-order valence-corrected chi connectivity index (χ4v) is 3.55. The summed E-state index contributed by atoms with van der Waals surface area (Å²) in [5.74, 6) is 0. The van der Waals surface area contributed by atoms with Crippen molar-refractivity contribution in [2.24, 2.45) is 0 Å². The molecule has 1 aromatic rings. The first-order valence-electron chi connectivity index (χ1n) is 8.43. The van der Waals surface area contributed by atoms with Crippen LogP contribution in [0.15, 0.2) is 28.7 Å². The molecule has 2 nitrogen and oxygen atoms in total. The molecule has 118 valence electrons. The first kappa shape index (κ1) is 17.0. The van der Waals surface area contributed by atoms with Gasteiger partial charge in [-0.3, -0.25) is 0 Å². The van der Waals surface area contributed by atoms with Gasteiger partial charge in [-0.2, -0.15) is 0 Å². The van der Waals surface area contributed by atoms with Crippen molar-refractivity contribution in [1.82, 2.24) is 10.2 Å². The van der Waals surface area contributed by atoms with Crippen molar-refractivity contribution in [3.8, 4) is 0 Å². The highest BCUT2D eigenvalue weighted by Gasteiger charge is 2.18. The molecule has 0 aliphatic carbocycles. The molecule has 1 N–H and O–H groups in total. The molecule has 1 saturated heterocycles. The van der Waals surface area contributed by atoms with E-state index in [1.165, 1.54) is 50.8 Å². The highest BCUT2D eigenvalue weighted by Crippen LogP contribution is 2.22. The lowest BCUT2D eigenvalue weighted by Gasteiger charge is -2.29. The maximum atomic E-state index is 3.65. The van der Waals surface area contributed by atoms with E-state index in [-0.39, 0.29) is 0 Å². The zero-order valence-electron chi connectivity index (χ0n) is 13.4. The lowest BCUT2D eigenvalue weighted by molar-refractivity contribution is 0.202. The molecule has 2 unspecified atom stereocenters. The minimum absolute atomic E-state index is 0.471. The van der Waals surface area contributed by atoms with Gasteiger partial charge in [0.2, 0.25) is 0 Å². The predicted octanol–water partition coefficient (Wildman–Crippen LogP) is 4.75. The molecule has 2 rings (SSSR count). The summed E-state index contributed by atoms with van der Waals surface area (Å²) in [6.07, 6.45) is 6.74. The van der Waals surface area contributed by atoms with Gasteiger partial charge in [-0.1, -0.05) is 47.8 Å². The first-order chi connectivity index (χ1) is 10.2. The van der Waals surface area contributed by atoms with Crippen LogP contribution in [-0.4, -0.2) is 30.6 Å². The van der Waals surface area contributed by atoms with Crippen molar-refractivity contribution < 1.29 is 0 Å². The van der Waals surface area contributed by atoms with E-state index in [9.17, 15) is 0 Å². The second kappa shape index (κ2) is 8.92. The summed E-state index contributed by atoms with van der Waals surface area (Å²) in [6, 6.07) is 9.99. The molecule has 1 fully saturated rings. The Bertz CT molecular complexity index is 404. The maximum absolute atomic E-state index is 3.65.